The minimum atomic E-state index is -0.504. The van der Waals surface area contributed by atoms with Crippen LogP contribution in [0, 0.1) is 11.8 Å². The molecule has 2 fully saturated rings. The molecule has 1 atom stereocenters. The molecule has 0 aliphatic carbocycles. The number of carbonyl (C=O) groups excluding carboxylic acids is 4. The van der Waals surface area contributed by atoms with Gasteiger partial charge in [-0.05, 0) is 37.3 Å². The van der Waals surface area contributed by atoms with Crippen LogP contribution < -0.4 is 5.32 Å². The summed E-state index contributed by atoms with van der Waals surface area (Å²) in [5, 5.41) is 2.73. The number of carbonyl (C=O) groups is 4. The van der Waals surface area contributed by atoms with Crippen molar-refractivity contribution in [1.29, 1.82) is 0 Å². The molecule has 9 heteroatoms. The molecule has 0 unspecified atom stereocenters. The average Bonchev–Trinajstić information content (AvgIpc) is 2.95. The first-order valence-corrected chi connectivity index (χ1v) is 13.2. The number of unbranched alkanes of at least 4 members (excludes halogenated alkanes) is 1. The highest BCUT2D eigenvalue weighted by Crippen LogP contribution is 2.21. The number of esters is 1. The third kappa shape index (κ3) is 9.31. The fraction of sp³-hybridized carbons (Fsp3) is 0.571. The van der Waals surface area contributed by atoms with E-state index in [1.807, 2.05) is 35.2 Å². The first kappa shape index (κ1) is 28.4. The van der Waals surface area contributed by atoms with E-state index in [0.29, 0.717) is 65.2 Å². The van der Waals surface area contributed by atoms with E-state index in [-0.39, 0.29) is 36.7 Å². The van der Waals surface area contributed by atoms with Gasteiger partial charge in [0.15, 0.2) is 0 Å². The standard InChI is InChI=1S/C28H39N3O6/c1-2-25(32)29-13-7-6-10-24(20-26(33)37-21-22-8-4-3-5-9-22)28(35)31-16-14-30(15-17-31)27(34)23-11-18-36-19-12-23/h2-5,8-9,23-24H,1,6-7,10-21H2,(H,29,32)/t24-/m1/s1. The highest BCUT2D eigenvalue weighted by Gasteiger charge is 2.33. The maximum absolute atomic E-state index is 13.4. The Hall–Kier alpha value is -3.20. The van der Waals surface area contributed by atoms with Crippen LogP contribution in [0.2, 0.25) is 0 Å². The zero-order valence-electron chi connectivity index (χ0n) is 21.6. The molecular formula is C28H39N3O6. The number of ether oxygens (including phenoxy) is 2. The lowest BCUT2D eigenvalue weighted by atomic mass is 9.95. The molecule has 1 aromatic carbocycles. The molecular weight excluding hydrogens is 474 g/mol. The van der Waals surface area contributed by atoms with E-state index in [9.17, 15) is 19.2 Å². The molecule has 2 aliphatic heterocycles. The van der Waals surface area contributed by atoms with Gasteiger partial charge in [-0.15, -0.1) is 0 Å². The molecule has 0 saturated carbocycles. The van der Waals surface area contributed by atoms with Crippen molar-refractivity contribution in [1.82, 2.24) is 15.1 Å². The van der Waals surface area contributed by atoms with Crippen molar-refractivity contribution in [2.75, 3.05) is 45.9 Å². The van der Waals surface area contributed by atoms with Gasteiger partial charge in [-0.2, -0.15) is 0 Å². The van der Waals surface area contributed by atoms with Crippen LogP contribution in [0.4, 0.5) is 0 Å². The van der Waals surface area contributed by atoms with Gasteiger partial charge in [-0.25, -0.2) is 0 Å². The van der Waals surface area contributed by atoms with E-state index >= 15 is 0 Å². The summed E-state index contributed by atoms with van der Waals surface area (Å²) < 4.78 is 10.8. The highest BCUT2D eigenvalue weighted by molar-refractivity contribution is 5.86. The van der Waals surface area contributed by atoms with E-state index in [2.05, 4.69) is 11.9 Å². The molecule has 0 spiro atoms. The second-order valence-electron chi connectivity index (χ2n) is 9.58. The lowest BCUT2D eigenvalue weighted by molar-refractivity contribution is -0.151. The maximum atomic E-state index is 13.4. The summed E-state index contributed by atoms with van der Waals surface area (Å²) in [6.45, 7) is 7.24. The van der Waals surface area contributed by atoms with E-state index in [0.717, 1.165) is 18.4 Å². The van der Waals surface area contributed by atoms with Gasteiger partial charge in [0, 0.05) is 57.8 Å². The highest BCUT2D eigenvalue weighted by atomic mass is 16.5. The summed E-state index contributed by atoms with van der Waals surface area (Å²) in [6, 6.07) is 9.43. The SMILES string of the molecule is C=CC(=O)NCCCC[C@H](CC(=O)OCc1ccccc1)C(=O)N1CCN(C(=O)C2CCOCC2)CC1. The van der Waals surface area contributed by atoms with Crippen LogP contribution in [0.5, 0.6) is 0 Å². The Bertz CT molecular complexity index is 908. The Kier molecular flexibility index (Phi) is 11.6. The number of nitrogens with zero attached hydrogens (tertiary/aromatic N) is 2. The van der Waals surface area contributed by atoms with Crippen LogP contribution in [-0.4, -0.2) is 79.4 Å². The molecule has 0 bridgehead atoms. The van der Waals surface area contributed by atoms with Crippen molar-refractivity contribution in [3.8, 4) is 0 Å². The van der Waals surface area contributed by atoms with E-state index < -0.39 is 11.9 Å². The van der Waals surface area contributed by atoms with Crippen molar-refractivity contribution in [2.45, 2.75) is 45.1 Å². The number of amides is 3. The summed E-state index contributed by atoms with van der Waals surface area (Å²) in [7, 11) is 0. The zero-order valence-corrected chi connectivity index (χ0v) is 21.6. The second kappa shape index (κ2) is 15.1. The van der Waals surface area contributed by atoms with Crippen molar-refractivity contribution >= 4 is 23.7 Å². The summed E-state index contributed by atoms with van der Waals surface area (Å²) in [6.07, 6.45) is 4.62. The van der Waals surface area contributed by atoms with Gasteiger partial charge in [-0.1, -0.05) is 43.3 Å². The van der Waals surface area contributed by atoms with Gasteiger partial charge in [-0.3, -0.25) is 19.2 Å². The molecule has 2 aliphatic rings. The maximum Gasteiger partial charge on any atom is 0.306 e. The molecule has 2 heterocycles. The molecule has 37 heavy (non-hydrogen) atoms. The third-order valence-electron chi connectivity index (χ3n) is 6.94. The van der Waals surface area contributed by atoms with Gasteiger partial charge >= 0.3 is 5.97 Å². The van der Waals surface area contributed by atoms with Crippen molar-refractivity contribution in [2.24, 2.45) is 11.8 Å². The zero-order chi connectivity index (χ0) is 26.5. The normalized spacial score (nSPS) is 17.1. The quantitative estimate of drug-likeness (QED) is 0.261. The molecule has 1 aromatic rings. The smallest absolute Gasteiger partial charge is 0.306 e. The Morgan fingerprint density at radius 2 is 1.70 bits per heavy atom. The van der Waals surface area contributed by atoms with E-state index in [1.54, 1.807) is 4.90 Å². The summed E-state index contributed by atoms with van der Waals surface area (Å²) in [5.74, 6) is -1.07. The number of hydrogen-bond donors (Lipinski definition) is 1. The minimum Gasteiger partial charge on any atom is -0.461 e. The minimum absolute atomic E-state index is 0.00437. The number of piperazine rings is 1. The van der Waals surface area contributed by atoms with Crippen molar-refractivity contribution in [3.05, 3.63) is 48.6 Å². The molecule has 1 N–H and O–H groups in total. The molecule has 0 radical (unpaired) electrons. The predicted octanol–water partition coefficient (Wildman–Crippen LogP) is 2.31. The molecule has 9 nitrogen and oxygen atoms in total. The number of benzene rings is 1. The van der Waals surface area contributed by atoms with Crippen LogP contribution in [0.1, 0.15) is 44.1 Å². The largest absolute Gasteiger partial charge is 0.461 e. The topological polar surface area (TPSA) is 105 Å². The van der Waals surface area contributed by atoms with Gasteiger partial charge in [0.1, 0.15) is 6.61 Å². The van der Waals surface area contributed by atoms with Crippen LogP contribution in [0.3, 0.4) is 0 Å². The molecule has 2 saturated heterocycles. The van der Waals surface area contributed by atoms with Crippen molar-refractivity contribution < 1.29 is 28.7 Å². The summed E-state index contributed by atoms with van der Waals surface area (Å²) >= 11 is 0. The first-order valence-electron chi connectivity index (χ1n) is 13.2. The number of rotatable bonds is 12. The number of hydrogen-bond acceptors (Lipinski definition) is 6. The monoisotopic (exact) mass is 513 g/mol. The lowest BCUT2D eigenvalue weighted by Gasteiger charge is -2.38. The number of nitrogens with one attached hydrogen (secondary N) is 1. The average molecular weight is 514 g/mol. The van der Waals surface area contributed by atoms with Gasteiger partial charge in [0.25, 0.3) is 0 Å². The second-order valence-corrected chi connectivity index (χ2v) is 9.58. The summed E-state index contributed by atoms with van der Waals surface area (Å²) in [4.78, 5) is 53.8. The van der Waals surface area contributed by atoms with Gasteiger partial charge in [0.2, 0.25) is 17.7 Å². The van der Waals surface area contributed by atoms with Gasteiger partial charge < -0.3 is 24.6 Å². The lowest BCUT2D eigenvalue weighted by Crippen LogP contribution is -2.53. The van der Waals surface area contributed by atoms with Crippen LogP contribution >= 0.6 is 0 Å². The third-order valence-corrected chi connectivity index (χ3v) is 6.94. The Morgan fingerprint density at radius 1 is 1.03 bits per heavy atom. The van der Waals surface area contributed by atoms with Gasteiger partial charge in [0.05, 0.1) is 6.42 Å². The molecule has 3 amide bonds. The molecule has 3 rings (SSSR count). The molecule has 202 valence electrons. The van der Waals surface area contributed by atoms with E-state index in [4.69, 9.17) is 9.47 Å². The Labute approximate surface area is 219 Å². The Morgan fingerprint density at radius 3 is 2.38 bits per heavy atom. The Balaban J connectivity index is 1.51. The van der Waals surface area contributed by atoms with E-state index in [1.165, 1.54) is 6.08 Å². The van der Waals surface area contributed by atoms with Crippen LogP contribution in [0.15, 0.2) is 43.0 Å². The predicted molar refractivity (Wildman–Crippen MR) is 138 cm³/mol. The van der Waals surface area contributed by atoms with Crippen molar-refractivity contribution in [3.63, 3.8) is 0 Å². The summed E-state index contributed by atoms with van der Waals surface area (Å²) in [5.41, 5.74) is 0.891. The fourth-order valence-electron chi connectivity index (χ4n) is 4.72. The fourth-order valence-corrected chi connectivity index (χ4v) is 4.72. The first-order chi connectivity index (χ1) is 18.0. The van der Waals surface area contributed by atoms with Crippen LogP contribution in [0.25, 0.3) is 0 Å². The molecule has 0 aromatic heterocycles. The van der Waals surface area contributed by atoms with Crippen LogP contribution in [-0.2, 0) is 35.3 Å².